The summed E-state index contributed by atoms with van der Waals surface area (Å²) in [4.78, 5) is 3.94. The second-order valence-electron chi connectivity index (χ2n) is 2.95. The highest BCUT2D eigenvalue weighted by atomic mass is 15.1. The van der Waals surface area contributed by atoms with Crippen LogP contribution in [0.15, 0.2) is 18.5 Å². The molecule has 0 amide bonds. The largest absolute Gasteiger partial charge is 0.282 e. The van der Waals surface area contributed by atoms with E-state index in [9.17, 15) is 0 Å². The lowest BCUT2D eigenvalue weighted by atomic mass is 10.3. The molecule has 0 unspecified atom stereocenters. The first kappa shape index (κ1) is 13.6. The predicted octanol–water partition coefficient (Wildman–Crippen LogP) is 3.95. The average Bonchev–Trinajstić information content (AvgIpc) is 2.65. The molecule has 15 heavy (non-hydrogen) atoms. The molecule has 3 nitrogen and oxygen atoms in total. The van der Waals surface area contributed by atoms with Gasteiger partial charge in [0.05, 0.1) is 6.20 Å². The second-order valence-corrected chi connectivity index (χ2v) is 2.95. The van der Waals surface area contributed by atoms with Crippen molar-refractivity contribution in [1.29, 1.82) is 0 Å². The van der Waals surface area contributed by atoms with E-state index in [2.05, 4.69) is 29.0 Å². The summed E-state index contributed by atoms with van der Waals surface area (Å²) in [5.74, 6) is 0. The van der Waals surface area contributed by atoms with E-state index in [0.29, 0.717) is 0 Å². The highest BCUT2D eigenvalue weighted by Gasteiger charge is 1.97. The van der Waals surface area contributed by atoms with Crippen molar-refractivity contribution in [2.24, 2.45) is 0 Å². The number of rotatable bonds is 0. The van der Waals surface area contributed by atoms with Crippen LogP contribution < -0.4 is 0 Å². The normalized spacial score (nSPS) is 8.60. The molecule has 0 radical (unpaired) electrons. The van der Waals surface area contributed by atoms with Crippen LogP contribution in [0.1, 0.15) is 41.2 Å². The Labute approximate surface area is 93.4 Å². The van der Waals surface area contributed by atoms with E-state index in [4.69, 9.17) is 0 Å². The predicted molar refractivity (Wildman–Crippen MR) is 68.1 cm³/mol. The molecule has 2 aromatic rings. The highest BCUT2D eigenvalue weighted by molar-refractivity contribution is 5.79. The molecule has 0 aromatic carbocycles. The van der Waals surface area contributed by atoms with Crippen LogP contribution in [-0.2, 0) is 0 Å². The van der Waals surface area contributed by atoms with Crippen molar-refractivity contribution in [1.82, 2.24) is 15.2 Å². The zero-order chi connectivity index (χ0) is 11.7. The monoisotopic (exact) mass is 209 g/mol. The number of pyridine rings is 1. The van der Waals surface area contributed by atoms with Crippen LogP contribution in [0.5, 0.6) is 0 Å². The highest BCUT2D eigenvalue weighted by Crippen LogP contribution is 2.11. The Morgan fingerprint density at radius 3 is 2.47 bits per heavy atom. The molecule has 0 fully saturated rings. The van der Waals surface area contributed by atoms with E-state index >= 15 is 0 Å². The smallest absolute Gasteiger partial charge is 0.111 e. The molecular formula is C12H23N3. The van der Waals surface area contributed by atoms with Gasteiger partial charge in [-0.25, -0.2) is 0 Å². The topological polar surface area (TPSA) is 41.6 Å². The number of nitrogens with zero attached hydrogens (tertiary/aromatic N) is 2. The fraction of sp³-hybridized carbons (Fsp3) is 0.500. The number of aryl methyl sites for hydroxylation is 1. The van der Waals surface area contributed by atoms with Gasteiger partial charge >= 0.3 is 0 Å². The van der Waals surface area contributed by atoms with Gasteiger partial charge in [-0.1, -0.05) is 34.1 Å². The number of hydrogen-bond donors (Lipinski definition) is 1. The van der Waals surface area contributed by atoms with Gasteiger partial charge in [0.2, 0.25) is 0 Å². The first-order chi connectivity index (χ1) is 7.29. The van der Waals surface area contributed by atoms with Gasteiger partial charge < -0.3 is 0 Å². The summed E-state index contributed by atoms with van der Waals surface area (Å²) < 4.78 is 0. The van der Waals surface area contributed by atoms with Gasteiger partial charge in [0.25, 0.3) is 0 Å². The molecule has 3 heteroatoms. The summed E-state index contributed by atoms with van der Waals surface area (Å²) >= 11 is 0. The fourth-order valence-corrected chi connectivity index (χ4v) is 0.997. The Balaban J connectivity index is 0. The molecule has 2 aromatic heterocycles. The van der Waals surface area contributed by atoms with E-state index in [-0.39, 0.29) is 1.43 Å². The van der Waals surface area contributed by atoms with Gasteiger partial charge in [0.15, 0.2) is 0 Å². The third-order valence-electron chi connectivity index (χ3n) is 1.55. The maximum atomic E-state index is 4.03. The van der Waals surface area contributed by atoms with E-state index in [0.717, 1.165) is 16.6 Å². The van der Waals surface area contributed by atoms with Crippen LogP contribution in [0.3, 0.4) is 0 Å². The summed E-state index contributed by atoms with van der Waals surface area (Å²) in [7, 11) is 0. The number of H-pyrrole nitrogens is 1. The van der Waals surface area contributed by atoms with E-state index in [1.54, 1.807) is 12.4 Å². The number of nitrogens with one attached hydrogen (secondary N) is 1. The average molecular weight is 209 g/mol. The van der Waals surface area contributed by atoms with Gasteiger partial charge in [-0.2, -0.15) is 5.10 Å². The lowest BCUT2D eigenvalue weighted by Crippen LogP contribution is -1.70. The Morgan fingerprint density at radius 2 is 1.93 bits per heavy atom. The van der Waals surface area contributed by atoms with Gasteiger partial charge in [-0.05, 0) is 13.0 Å². The van der Waals surface area contributed by atoms with Gasteiger partial charge in [0.1, 0.15) is 5.52 Å². The lowest BCUT2D eigenvalue weighted by molar-refractivity contribution is 1.07. The van der Waals surface area contributed by atoms with E-state index in [1.165, 1.54) is 6.42 Å². The summed E-state index contributed by atoms with van der Waals surface area (Å²) in [6.07, 6.45) is 4.77. The zero-order valence-corrected chi connectivity index (χ0v) is 10.3. The molecule has 0 spiro atoms. The van der Waals surface area contributed by atoms with Gasteiger partial charge in [-0.3, -0.25) is 10.1 Å². The maximum Gasteiger partial charge on any atom is 0.111 e. The standard InChI is InChI=1S/C7H7N3.C3H8.C2H6.H2/c1-5-6-2-3-8-4-7(6)10-9-5;1-3-2;1-2;/h2-4H,1H3,(H,9,10);3H2,1-2H3;1-2H3;1H. The summed E-state index contributed by atoms with van der Waals surface area (Å²) in [6.45, 7) is 10.2. The summed E-state index contributed by atoms with van der Waals surface area (Å²) in [5, 5.41) is 8.07. The molecule has 0 saturated carbocycles. The SMILES string of the molecule is CC.CCC.Cc1[nH]nc2cnccc12.[HH]. The van der Waals surface area contributed by atoms with E-state index in [1.807, 2.05) is 26.8 Å². The maximum absolute atomic E-state index is 4.03. The molecular weight excluding hydrogens is 186 g/mol. The molecule has 0 aliphatic carbocycles. The first-order valence-corrected chi connectivity index (χ1v) is 5.54. The minimum absolute atomic E-state index is 0. The molecule has 0 bridgehead atoms. The van der Waals surface area contributed by atoms with Crippen LogP contribution in [0.4, 0.5) is 0 Å². The molecule has 0 aliphatic heterocycles. The minimum atomic E-state index is 0. The summed E-state index contributed by atoms with van der Waals surface area (Å²) in [6, 6.07) is 1.95. The van der Waals surface area contributed by atoms with Gasteiger partial charge in [0, 0.05) is 18.7 Å². The Morgan fingerprint density at radius 1 is 1.33 bits per heavy atom. The van der Waals surface area contributed by atoms with Crippen molar-refractivity contribution < 1.29 is 1.43 Å². The zero-order valence-electron chi connectivity index (χ0n) is 10.3. The minimum Gasteiger partial charge on any atom is -0.282 e. The third-order valence-corrected chi connectivity index (χ3v) is 1.55. The lowest BCUT2D eigenvalue weighted by Gasteiger charge is -1.83. The van der Waals surface area contributed by atoms with Crippen molar-refractivity contribution in [2.45, 2.75) is 41.0 Å². The van der Waals surface area contributed by atoms with Crippen molar-refractivity contribution in [3.63, 3.8) is 0 Å². The second kappa shape index (κ2) is 7.97. The Bertz CT molecular complexity index is 371. The third kappa shape index (κ3) is 4.11. The quantitative estimate of drug-likeness (QED) is 0.713. The molecule has 2 rings (SSSR count). The van der Waals surface area contributed by atoms with Gasteiger partial charge in [-0.15, -0.1) is 0 Å². The number of aromatic amines is 1. The first-order valence-electron chi connectivity index (χ1n) is 5.54. The van der Waals surface area contributed by atoms with Crippen molar-refractivity contribution in [2.75, 3.05) is 0 Å². The van der Waals surface area contributed by atoms with Crippen LogP contribution >= 0.6 is 0 Å². The van der Waals surface area contributed by atoms with Crippen LogP contribution in [0.25, 0.3) is 10.9 Å². The molecule has 86 valence electrons. The number of hydrogen-bond acceptors (Lipinski definition) is 2. The Hall–Kier alpha value is -1.38. The van der Waals surface area contributed by atoms with Crippen molar-refractivity contribution in [3.8, 4) is 0 Å². The number of fused-ring (bicyclic) bond motifs is 1. The van der Waals surface area contributed by atoms with Crippen LogP contribution in [0.2, 0.25) is 0 Å². The molecule has 0 aliphatic rings. The Kier molecular flexibility index (Phi) is 7.24. The van der Waals surface area contributed by atoms with Crippen LogP contribution in [0, 0.1) is 6.92 Å². The molecule has 1 N–H and O–H groups in total. The molecule has 0 saturated heterocycles. The van der Waals surface area contributed by atoms with Crippen molar-refractivity contribution in [3.05, 3.63) is 24.2 Å². The van der Waals surface area contributed by atoms with Crippen LogP contribution in [-0.4, -0.2) is 15.2 Å². The molecule has 2 heterocycles. The number of aromatic nitrogens is 3. The van der Waals surface area contributed by atoms with E-state index < -0.39 is 0 Å². The summed E-state index contributed by atoms with van der Waals surface area (Å²) in [5.41, 5.74) is 2.03. The fourth-order valence-electron chi connectivity index (χ4n) is 0.997. The van der Waals surface area contributed by atoms with Crippen molar-refractivity contribution >= 4 is 10.9 Å². The molecule has 0 atom stereocenters.